The van der Waals surface area contributed by atoms with Crippen LogP contribution in [-0.2, 0) is 16.0 Å². The normalized spacial score (nSPS) is 10.8. The molecule has 6 nitrogen and oxygen atoms in total. The summed E-state index contributed by atoms with van der Waals surface area (Å²) in [5.41, 5.74) is 1.99. The van der Waals surface area contributed by atoms with Gasteiger partial charge in [0.05, 0.1) is 0 Å². The van der Waals surface area contributed by atoms with E-state index in [-0.39, 0.29) is 18.5 Å². The van der Waals surface area contributed by atoms with Crippen molar-refractivity contribution in [3.63, 3.8) is 0 Å². The quantitative estimate of drug-likeness (QED) is 0.348. The van der Waals surface area contributed by atoms with E-state index < -0.39 is 11.9 Å². The fourth-order valence-electron chi connectivity index (χ4n) is 1.99. The second-order valence-electron chi connectivity index (χ2n) is 5.37. The van der Waals surface area contributed by atoms with Gasteiger partial charge in [0, 0.05) is 24.9 Å². The van der Waals surface area contributed by atoms with Crippen LogP contribution >= 0.6 is 0 Å². The number of nitrogens with zero attached hydrogens (tertiary/aromatic N) is 1. The van der Waals surface area contributed by atoms with Crippen molar-refractivity contribution in [2.45, 2.75) is 39.0 Å². The molecular weight excluding hydrogens is 306 g/mol. The van der Waals surface area contributed by atoms with Gasteiger partial charge in [-0.1, -0.05) is 25.5 Å². The Hall–Kier alpha value is -2.81. The number of unbranched alkanes of at least 4 members (excludes halogenated alkanes) is 1. The Labute approximate surface area is 142 Å². The number of hydrogen-bond donors (Lipinski definition) is 3. The van der Waals surface area contributed by atoms with Crippen molar-refractivity contribution >= 4 is 17.6 Å². The Bertz CT molecular complexity index is 615. The van der Waals surface area contributed by atoms with Crippen LogP contribution in [0.1, 0.15) is 38.2 Å². The molecule has 1 aromatic carbocycles. The number of carbonyl (C=O) groups excluding carboxylic acids is 1. The van der Waals surface area contributed by atoms with Crippen molar-refractivity contribution in [3.05, 3.63) is 41.6 Å². The maximum atomic E-state index is 11.8. The molecule has 0 heterocycles. The third-order valence-corrected chi connectivity index (χ3v) is 3.37. The highest BCUT2D eigenvalue weighted by Crippen LogP contribution is 2.12. The van der Waals surface area contributed by atoms with Crippen molar-refractivity contribution < 1.29 is 14.7 Å². The molecule has 0 aromatic heterocycles. The Morgan fingerprint density at radius 1 is 1.25 bits per heavy atom. The molecule has 0 saturated carbocycles. The van der Waals surface area contributed by atoms with Crippen LogP contribution in [0.2, 0.25) is 0 Å². The summed E-state index contributed by atoms with van der Waals surface area (Å²) in [4.78, 5) is 22.2. The summed E-state index contributed by atoms with van der Waals surface area (Å²) in [6, 6.07) is 9.67. The largest absolute Gasteiger partial charge is 0.481 e. The lowest BCUT2D eigenvalue weighted by molar-refractivity contribution is -0.137. The molecule has 0 aliphatic rings. The maximum absolute atomic E-state index is 11.8. The van der Waals surface area contributed by atoms with E-state index in [1.54, 1.807) is 0 Å². The number of nitrogens with one attached hydrogen (secondary N) is 2. The van der Waals surface area contributed by atoms with Gasteiger partial charge in [0.1, 0.15) is 11.6 Å². The first kappa shape index (κ1) is 19.2. The zero-order valence-electron chi connectivity index (χ0n) is 13.8. The number of carboxylic acids is 1. The fraction of sp³-hybridized carbons (Fsp3) is 0.389. The first-order chi connectivity index (χ1) is 11.6. The zero-order chi connectivity index (χ0) is 17.8. The van der Waals surface area contributed by atoms with Crippen molar-refractivity contribution in [3.8, 4) is 6.07 Å². The summed E-state index contributed by atoms with van der Waals surface area (Å²) in [6.07, 6.45) is 4.99. The van der Waals surface area contributed by atoms with E-state index in [2.05, 4.69) is 17.6 Å². The number of aryl methyl sites for hydroxylation is 1. The van der Waals surface area contributed by atoms with E-state index in [0.717, 1.165) is 24.9 Å². The van der Waals surface area contributed by atoms with Crippen LogP contribution in [-0.4, -0.2) is 23.5 Å². The number of anilines is 1. The van der Waals surface area contributed by atoms with Crippen LogP contribution < -0.4 is 10.6 Å². The predicted octanol–water partition coefficient (Wildman–Crippen LogP) is 2.83. The molecule has 1 amide bonds. The molecule has 6 heteroatoms. The van der Waals surface area contributed by atoms with E-state index in [1.165, 1.54) is 11.8 Å². The zero-order valence-corrected chi connectivity index (χ0v) is 13.8. The smallest absolute Gasteiger partial charge is 0.303 e. The van der Waals surface area contributed by atoms with Gasteiger partial charge in [0.15, 0.2) is 0 Å². The number of rotatable bonds is 10. The monoisotopic (exact) mass is 329 g/mol. The minimum Gasteiger partial charge on any atom is -0.481 e. The number of carbonyl (C=O) groups is 2. The minimum absolute atomic E-state index is 0.0193. The highest BCUT2D eigenvalue weighted by Gasteiger charge is 2.08. The molecule has 0 spiro atoms. The highest BCUT2D eigenvalue weighted by molar-refractivity contribution is 5.97. The van der Waals surface area contributed by atoms with Crippen LogP contribution in [0.15, 0.2) is 36.0 Å². The SMILES string of the molecule is CCCCc1ccc(N/C=C(/C#N)C(=O)NCCCC(=O)O)cc1. The van der Waals surface area contributed by atoms with Crippen LogP contribution in [0.5, 0.6) is 0 Å². The van der Waals surface area contributed by atoms with Gasteiger partial charge < -0.3 is 15.7 Å². The third kappa shape index (κ3) is 7.45. The van der Waals surface area contributed by atoms with E-state index in [9.17, 15) is 9.59 Å². The van der Waals surface area contributed by atoms with E-state index >= 15 is 0 Å². The summed E-state index contributed by atoms with van der Waals surface area (Å²) in [7, 11) is 0. The number of hydrogen-bond acceptors (Lipinski definition) is 4. The Morgan fingerprint density at radius 3 is 2.54 bits per heavy atom. The van der Waals surface area contributed by atoms with Crippen molar-refractivity contribution in [2.24, 2.45) is 0 Å². The van der Waals surface area contributed by atoms with E-state index in [1.807, 2.05) is 30.3 Å². The molecule has 1 aromatic rings. The lowest BCUT2D eigenvalue weighted by Gasteiger charge is -2.05. The average Bonchev–Trinajstić information content (AvgIpc) is 2.58. The molecule has 0 bridgehead atoms. The van der Waals surface area contributed by atoms with Gasteiger partial charge >= 0.3 is 5.97 Å². The first-order valence-corrected chi connectivity index (χ1v) is 8.02. The predicted molar refractivity (Wildman–Crippen MR) is 92.3 cm³/mol. The maximum Gasteiger partial charge on any atom is 0.303 e. The molecule has 0 saturated heterocycles. The number of carboxylic acid groups (broad SMARTS) is 1. The van der Waals surface area contributed by atoms with Gasteiger partial charge in [-0.15, -0.1) is 0 Å². The second-order valence-corrected chi connectivity index (χ2v) is 5.37. The molecular formula is C18H23N3O3. The number of nitriles is 1. The van der Waals surface area contributed by atoms with Gasteiger partial charge in [-0.3, -0.25) is 9.59 Å². The van der Waals surface area contributed by atoms with Gasteiger partial charge in [-0.05, 0) is 37.0 Å². The summed E-state index contributed by atoms with van der Waals surface area (Å²) in [6.45, 7) is 2.37. The summed E-state index contributed by atoms with van der Waals surface area (Å²) in [5.74, 6) is -1.43. The summed E-state index contributed by atoms with van der Waals surface area (Å²) in [5, 5.41) is 23.0. The van der Waals surface area contributed by atoms with Crippen molar-refractivity contribution in [2.75, 3.05) is 11.9 Å². The van der Waals surface area contributed by atoms with Gasteiger partial charge in [-0.2, -0.15) is 5.26 Å². The third-order valence-electron chi connectivity index (χ3n) is 3.37. The van der Waals surface area contributed by atoms with Gasteiger partial charge in [-0.25, -0.2) is 0 Å². The highest BCUT2D eigenvalue weighted by atomic mass is 16.4. The van der Waals surface area contributed by atoms with E-state index in [0.29, 0.717) is 6.42 Å². The fourth-order valence-corrected chi connectivity index (χ4v) is 1.99. The molecule has 0 aliphatic heterocycles. The van der Waals surface area contributed by atoms with Crippen LogP contribution in [0, 0.1) is 11.3 Å². The summed E-state index contributed by atoms with van der Waals surface area (Å²) >= 11 is 0. The lowest BCUT2D eigenvalue weighted by Crippen LogP contribution is -2.26. The van der Waals surface area contributed by atoms with Gasteiger partial charge in [0.2, 0.25) is 0 Å². The first-order valence-electron chi connectivity index (χ1n) is 8.02. The van der Waals surface area contributed by atoms with Crippen LogP contribution in [0.25, 0.3) is 0 Å². The number of aliphatic carboxylic acids is 1. The minimum atomic E-state index is -0.913. The Balaban J connectivity index is 2.51. The molecule has 0 fully saturated rings. The molecule has 0 radical (unpaired) electrons. The summed E-state index contributed by atoms with van der Waals surface area (Å²) < 4.78 is 0. The van der Waals surface area contributed by atoms with Crippen LogP contribution in [0.3, 0.4) is 0 Å². The topological polar surface area (TPSA) is 102 Å². The lowest BCUT2D eigenvalue weighted by atomic mass is 10.1. The number of amides is 1. The number of benzene rings is 1. The van der Waals surface area contributed by atoms with Gasteiger partial charge in [0.25, 0.3) is 5.91 Å². The molecule has 0 aliphatic carbocycles. The molecule has 3 N–H and O–H groups in total. The second kappa shape index (κ2) is 10.8. The average molecular weight is 329 g/mol. The molecule has 0 unspecified atom stereocenters. The Morgan fingerprint density at radius 2 is 1.96 bits per heavy atom. The Kier molecular flexibility index (Phi) is 8.69. The molecule has 24 heavy (non-hydrogen) atoms. The van der Waals surface area contributed by atoms with E-state index in [4.69, 9.17) is 10.4 Å². The molecule has 128 valence electrons. The molecule has 0 atom stereocenters. The van der Waals surface area contributed by atoms with Crippen molar-refractivity contribution in [1.82, 2.24) is 5.32 Å². The van der Waals surface area contributed by atoms with Crippen molar-refractivity contribution in [1.29, 1.82) is 5.26 Å². The van der Waals surface area contributed by atoms with Crippen LogP contribution in [0.4, 0.5) is 5.69 Å². The molecule has 1 rings (SSSR count). The standard InChI is InChI=1S/C18H23N3O3/c1-2-3-5-14-7-9-16(10-8-14)21-13-15(12-19)18(24)20-11-4-6-17(22)23/h7-10,13,21H,2-6,11H2,1H3,(H,20,24)(H,22,23)/b15-13-.